The molecule has 2 rings (SSSR count). The lowest BCUT2D eigenvalue weighted by atomic mass is 10.2. The number of carbonyl (C=O) groups excluding carboxylic acids is 1. The summed E-state index contributed by atoms with van der Waals surface area (Å²) in [6, 6.07) is 6.72. The number of hydrogen-bond donors (Lipinski definition) is 3. The van der Waals surface area contributed by atoms with Crippen molar-refractivity contribution in [1.29, 1.82) is 0 Å². The van der Waals surface area contributed by atoms with Crippen molar-refractivity contribution in [1.82, 2.24) is 15.0 Å². The normalized spacial score (nSPS) is 11.0. The highest BCUT2D eigenvalue weighted by Crippen LogP contribution is 2.24. The maximum atomic E-state index is 12.0. The Bertz CT molecular complexity index is 920. The fourth-order valence-electron chi connectivity index (χ4n) is 2.07. The molecule has 0 saturated carbocycles. The van der Waals surface area contributed by atoms with Crippen LogP contribution in [0, 0.1) is 4.77 Å². The topological polar surface area (TPSA) is 99.5 Å². The van der Waals surface area contributed by atoms with Crippen LogP contribution in [0.4, 0.5) is 0 Å². The number of aromatic hydroxyl groups is 1. The predicted molar refractivity (Wildman–Crippen MR) is 99.2 cm³/mol. The lowest BCUT2D eigenvalue weighted by molar-refractivity contribution is -0.121. The van der Waals surface area contributed by atoms with Crippen molar-refractivity contribution in [3.05, 3.63) is 50.0 Å². The number of unbranched alkanes of at least 4 members (excludes halogenated alkanes) is 1. The number of halogens is 1. The number of nitrogens with one attached hydrogen (secondary N) is 2. The molecule has 0 aliphatic heterocycles. The number of hydrazone groups is 1. The molecule has 0 saturated heterocycles. The zero-order valence-corrected chi connectivity index (χ0v) is 15.0. The zero-order chi connectivity index (χ0) is 18.4. The van der Waals surface area contributed by atoms with Gasteiger partial charge in [0, 0.05) is 6.42 Å². The van der Waals surface area contributed by atoms with Crippen LogP contribution in [0.2, 0.25) is 5.02 Å². The average Bonchev–Trinajstić information content (AvgIpc) is 2.57. The molecule has 1 aromatic heterocycles. The summed E-state index contributed by atoms with van der Waals surface area (Å²) in [5.41, 5.74) is 1.94. The lowest BCUT2D eigenvalue weighted by Crippen LogP contribution is -2.21. The number of para-hydroxylation sites is 1. The number of aromatic amines is 1. The summed E-state index contributed by atoms with van der Waals surface area (Å²) < 4.78 is 1.21. The van der Waals surface area contributed by atoms with Crippen LogP contribution in [0.15, 0.2) is 34.2 Å². The van der Waals surface area contributed by atoms with Crippen LogP contribution >= 0.6 is 23.8 Å². The summed E-state index contributed by atoms with van der Waals surface area (Å²) in [6.07, 6.45) is 3.03. The van der Waals surface area contributed by atoms with Gasteiger partial charge in [-0.25, -0.2) is 5.43 Å². The van der Waals surface area contributed by atoms with E-state index in [4.69, 9.17) is 23.8 Å². The Kier molecular flexibility index (Phi) is 6.49. The standard InChI is InChI=1S/C16H17ClN4O3S/c1-2-3-8-13(22)20-18-9-10-14(23)19-16(25)21(15(10)24)12-7-5-4-6-11(12)17/h4-7,9,24H,2-3,8H2,1H3,(H,20,22)(H,19,23,25)/b18-9+. The molecule has 2 aromatic rings. The number of benzene rings is 1. The monoisotopic (exact) mass is 380 g/mol. The first-order valence-electron chi connectivity index (χ1n) is 7.60. The van der Waals surface area contributed by atoms with Gasteiger partial charge in [-0.3, -0.25) is 19.1 Å². The molecule has 1 amide bonds. The first-order valence-corrected chi connectivity index (χ1v) is 8.39. The summed E-state index contributed by atoms with van der Waals surface area (Å²) in [4.78, 5) is 26.0. The average molecular weight is 381 g/mol. The van der Waals surface area contributed by atoms with E-state index in [1.165, 1.54) is 4.57 Å². The minimum Gasteiger partial charge on any atom is -0.494 e. The van der Waals surface area contributed by atoms with Crippen molar-refractivity contribution in [3.8, 4) is 11.6 Å². The molecule has 132 valence electrons. The second-order valence-corrected chi connectivity index (χ2v) is 5.97. The SMILES string of the molecule is CCCCC(=O)N/N=C/c1c(O)n(-c2ccccc2Cl)c(=S)[nH]c1=O. The van der Waals surface area contributed by atoms with Gasteiger partial charge >= 0.3 is 0 Å². The van der Waals surface area contributed by atoms with E-state index in [0.29, 0.717) is 17.1 Å². The molecular formula is C16H17ClN4O3S. The van der Waals surface area contributed by atoms with Gasteiger partial charge in [0.05, 0.1) is 16.9 Å². The molecule has 3 N–H and O–H groups in total. The van der Waals surface area contributed by atoms with Gasteiger partial charge < -0.3 is 5.11 Å². The van der Waals surface area contributed by atoms with Crippen molar-refractivity contribution >= 4 is 35.9 Å². The Labute approximate surface area is 154 Å². The van der Waals surface area contributed by atoms with E-state index in [2.05, 4.69) is 15.5 Å². The van der Waals surface area contributed by atoms with E-state index in [9.17, 15) is 14.7 Å². The van der Waals surface area contributed by atoms with Crippen molar-refractivity contribution in [2.45, 2.75) is 26.2 Å². The van der Waals surface area contributed by atoms with Gasteiger partial charge in [-0.05, 0) is 30.8 Å². The number of aromatic nitrogens is 2. The Morgan fingerprint density at radius 1 is 1.48 bits per heavy atom. The fourth-order valence-corrected chi connectivity index (χ4v) is 2.57. The van der Waals surface area contributed by atoms with Crippen LogP contribution in [0.1, 0.15) is 31.7 Å². The third kappa shape index (κ3) is 4.55. The van der Waals surface area contributed by atoms with Crippen LogP contribution in [0.25, 0.3) is 5.69 Å². The second kappa shape index (κ2) is 8.59. The highest BCUT2D eigenvalue weighted by Gasteiger charge is 2.14. The first kappa shape index (κ1) is 18.9. The molecule has 7 nitrogen and oxygen atoms in total. The number of carbonyl (C=O) groups is 1. The second-order valence-electron chi connectivity index (χ2n) is 5.18. The van der Waals surface area contributed by atoms with Gasteiger partial charge in [0.15, 0.2) is 4.77 Å². The smallest absolute Gasteiger partial charge is 0.264 e. The molecule has 25 heavy (non-hydrogen) atoms. The maximum Gasteiger partial charge on any atom is 0.264 e. The van der Waals surface area contributed by atoms with Crippen molar-refractivity contribution in [2.75, 3.05) is 0 Å². The van der Waals surface area contributed by atoms with Crippen molar-refractivity contribution < 1.29 is 9.90 Å². The zero-order valence-electron chi connectivity index (χ0n) is 13.5. The number of H-pyrrole nitrogens is 1. The molecule has 0 radical (unpaired) electrons. The van der Waals surface area contributed by atoms with E-state index in [1.54, 1.807) is 24.3 Å². The highest BCUT2D eigenvalue weighted by atomic mass is 35.5. The Hall–Kier alpha value is -2.45. The van der Waals surface area contributed by atoms with E-state index in [0.717, 1.165) is 19.1 Å². The molecule has 0 aliphatic carbocycles. The van der Waals surface area contributed by atoms with Crippen molar-refractivity contribution in [2.24, 2.45) is 5.10 Å². The van der Waals surface area contributed by atoms with Gasteiger partial charge in [0.1, 0.15) is 5.56 Å². The van der Waals surface area contributed by atoms with Crippen LogP contribution in [0.3, 0.4) is 0 Å². The first-order chi connectivity index (χ1) is 12.0. The summed E-state index contributed by atoms with van der Waals surface area (Å²) in [5, 5.41) is 14.5. The summed E-state index contributed by atoms with van der Waals surface area (Å²) in [7, 11) is 0. The summed E-state index contributed by atoms with van der Waals surface area (Å²) in [6.45, 7) is 1.97. The Morgan fingerprint density at radius 3 is 2.88 bits per heavy atom. The fraction of sp³-hybridized carbons (Fsp3) is 0.250. The molecule has 0 unspecified atom stereocenters. The van der Waals surface area contributed by atoms with Gasteiger partial charge in [-0.1, -0.05) is 37.1 Å². The van der Waals surface area contributed by atoms with E-state index >= 15 is 0 Å². The van der Waals surface area contributed by atoms with E-state index in [1.807, 2.05) is 6.92 Å². The molecule has 0 bridgehead atoms. The molecule has 0 aliphatic rings. The third-order valence-corrected chi connectivity index (χ3v) is 3.96. The Morgan fingerprint density at radius 2 is 2.20 bits per heavy atom. The molecule has 1 heterocycles. The van der Waals surface area contributed by atoms with Crippen LogP contribution < -0.4 is 11.0 Å². The number of nitrogens with zero attached hydrogens (tertiary/aromatic N) is 2. The summed E-state index contributed by atoms with van der Waals surface area (Å²) in [5.74, 6) is -0.693. The van der Waals surface area contributed by atoms with Crippen LogP contribution in [-0.2, 0) is 4.79 Å². The third-order valence-electron chi connectivity index (χ3n) is 3.35. The Balaban J connectivity index is 2.39. The highest BCUT2D eigenvalue weighted by molar-refractivity contribution is 7.71. The molecule has 0 fully saturated rings. The van der Waals surface area contributed by atoms with Crippen LogP contribution in [-0.4, -0.2) is 26.8 Å². The quantitative estimate of drug-likeness (QED) is 0.407. The van der Waals surface area contributed by atoms with Gasteiger partial charge in [-0.2, -0.15) is 5.10 Å². The van der Waals surface area contributed by atoms with Gasteiger partial charge in [-0.15, -0.1) is 0 Å². The van der Waals surface area contributed by atoms with Crippen molar-refractivity contribution in [3.63, 3.8) is 0 Å². The van der Waals surface area contributed by atoms with E-state index < -0.39 is 11.4 Å². The molecule has 1 aromatic carbocycles. The number of amides is 1. The number of hydrogen-bond acceptors (Lipinski definition) is 5. The molecule has 0 atom stereocenters. The molecule has 9 heteroatoms. The predicted octanol–water partition coefficient (Wildman–Crippen LogP) is 2.89. The van der Waals surface area contributed by atoms with Gasteiger partial charge in [0.2, 0.25) is 11.8 Å². The van der Waals surface area contributed by atoms with Gasteiger partial charge in [0.25, 0.3) is 5.56 Å². The summed E-state index contributed by atoms with van der Waals surface area (Å²) >= 11 is 11.2. The molecule has 0 spiro atoms. The van der Waals surface area contributed by atoms with E-state index in [-0.39, 0.29) is 16.2 Å². The molecular weight excluding hydrogens is 364 g/mol. The largest absolute Gasteiger partial charge is 0.494 e. The minimum absolute atomic E-state index is 0.0141. The maximum absolute atomic E-state index is 12.0. The minimum atomic E-state index is -0.627. The lowest BCUT2D eigenvalue weighted by Gasteiger charge is -2.12. The van der Waals surface area contributed by atoms with Crippen LogP contribution in [0.5, 0.6) is 5.88 Å². The number of rotatable bonds is 6.